The van der Waals surface area contributed by atoms with E-state index in [4.69, 9.17) is 59.7 Å². The van der Waals surface area contributed by atoms with Crippen LogP contribution in [0.2, 0.25) is 0 Å². The third kappa shape index (κ3) is 7.07. The van der Waals surface area contributed by atoms with Gasteiger partial charge in [-0.1, -0.05) is 24.8 Å². The number of hydrogen-bond donors (Lipinski definition) is 3. The normalized spacial score (nSPS) is 17.2. The molecule has 15 heteroatoms. The van der Waals surface area contributed by atoms with Crippen LogP contribution in [0.4, 0.5) is 4.79 Å². The highest BCUT2D eigenvalue weighted by atomic mass is 16.6. The van der Waals surface area contributed by atoms with Crippen LogP contribution in [0.5, 0.6) is 0 Å². The molecule has 0 spiro atoms. The summed E-state index contributed by atoms with van der Waals surface area (Å²) >= 11 is 0. The SMILES string of the molecule is [B]c1c([B])c([B])c(C([B])([B])OC(=O)N[C@@H](CC(C)C)C(=O)N[C@H](C=O)C[C@@H]2CCNC2=O)c([B])c1[B]. The number of rotatable bonds is 10. The first-order valence-electron chi connectivity index (χ1n) is 11.3. The Morgan fingerprint density at radius 1 is 1.06 bits per heavy atom. The van der Waals surface area contributed by atoms with E-state index in [9.17, 15) is 19.2 Å². The molecule has 3 atom stereocenters. The fourth-order valence-corrected chi connectivity index (χ4v) is 3.96. The van der Waals surface area contributed by atoms with Gasteiger partial charge in [0.05, 0.1) is 11.4 Å². The monoisotopic (exact) mass is 473 g/mol. The fourth-order valence-electron chi connectivity index (χ4n) is 3.96. The maximum Gasteiger partial charge on any atom is 0.407 e. The minimum Gasteiger partial charge on any atom is -0.459 e. The summed E-state index contributed by atoms with van der Waals surface area (Å²) in [5.41, 5.74) is -1.08. The van der Waals surface area contributed by atoms with Gasteiger partial charge in [-0.3, -0.25) is 9.59 Å². The average molecular weight is 472 g/mol. The van der Waals surface area contributed by atoms with E-state index in [-0.39, 0.29) is 57.5 Å². The Balaban J connectivity index is 2.17. The van der Waals surface area contributed by atoms with Crippen molar-refractivity contribution >= 4 is 106 Å². The Bertz CT molecular complexity index is 1010. The molecule has 0 saturated carbocycles. The molecule has 2 rings (SSSR count). The molecule has 1 heterocycles. The number of benzene rings is 1. The molecule has 1 aromatic rings. The van der Waals surface area contributed by atoms with Crippen LogP contribution in [-0.2, 0) is 24.5 Å². The van der Waals surface area contributed by atoms with Crippen LogP contribution in [0.25, 0.3) is 0 Å². The van der Waals surface area contributed by atoms with Crippen molar-refractivity contribution in [2.75, 3.05) is 6.54 Å². The third-order valence-corrected chi connectivity index (χ3v) is 5.86. The van der Waals surface area contributed by atoms with E-state index >= 15 is 0 Å². The standard InChI is InChI=1S/C21H22B7N3O5/c1-8(2)5-11(19(34)30-10(7-32)6-9-3-4-29-18(9)33)31-20(35)36-21(27,28)12-13(22)15(24)17(26)16(25)14(12)23/h7-11H,3-6H2,1-2H3,(H,29,33)(H,30,34)(H,31,35)/t9-,10-,11-/m0/s1. The Hall–Kier alpha value is -2.45. The van der Waals surface area contributed by atoms with Crippen LogP contribution in [-0.4, -0.2) is 97.7 Å². The molecule has 8 nitrogen and oxygen atoms in total. The topological polar surface area (TPSA) is 114 Å². The lowest BCUT2D eigenvalue weighted by Gasteiger charge is -2.34. The number of carbonyl (C=O) groups is 4. The van der Waals surface area contributed by atoms with Crippen LogP contribution in [0.3, 0.4) is 0 Å². The van der Waals surface area contributed by atoms with Crippen LogP contribution < -0.4 is 43.3 Å². The van der Waals surface area contributed by atoms with Crippen LogP contribution in [0.1, 0.15) is 38.7 Å². The van der Waals surface area contributed by atoms with Gasteiger partial charge < -0.3 is 25.5 Å². The molecule has 0 aromatic heterocycles. The van der Waals surface area contributed by atoms with Crippen molar-refractivity contribution in [3.63, 3.8) is 0 Å². The van der Waals surface area contributed by atoms with Crippen molar-refractivity contribution in [1.82, 2.24) is 16.0 Å². The minimum absolute atomic E-state index is 0.0418. The van der Waals surface area contributed by atoms with Crippen LogP contribution in [0.15, 0.2) is 0 Å². The van der Waals surface area contributed by atoms with Gasteiger partial charge in [0.25, 0.3) is 0 Å². The van der Waals surface area contributed by atoms with Gasteiger partial charge in [0, 0.05) is 12.5 Å². The Morgan fingerprint density at radius 2 is 1.61 bits per heavy atom. The Morgan fingerprint density at radius 3 is 2.08 bits per heavy atom. The van der Waals surface area contributed by atoms with Crippen molar-refractivity contribution in [2.24, 2.45) is 11.8 Å². The zero-order chi connectivity index (χ0) is 27.4. The highest BCUT2D eigenvalue weighted by Gasteiger charge is 2.33. The second-order valence-corrected chi connectivity index (χ2v) is 9.22. The van der Waals surface area contributed by atoms with Gasteiger partial charge in [-0.05, 0) is 30.7 Å². The van der Waals surface area contributed by atoms with Gasteiger partial charge in [0.1, 0.15) is 67.3 Å². The molecule has 0 bridgehead atoms. The summed E-state index contributed by atoms with van der Waals surface area (Å²) < 4.78 is 5.14. The number of amides is 3. The molecule has 0 unspecified atom stereocenters. The van der Waals surface area contributed by atoms with Crippen LogP contribution in [0, 0.1) is 11.8 Å². The molecular weight excluding hydrogens is 450 g/mol. The molecular formula is C21H22B7N3O5. The van der Waals surface area contributed by atoms with Gasteiger partial charge in [0.15, 0.2) is 0 Å². The van der Waals surface area contributed by atoms with Crippen molar-refractivity contribution in [3.05, 3.63) is 5.56 Å². The van der Waals surface area contributed by atoms with Crippen molar-refractivity contribution < 1.29 is 23.9 Å². The summed E-state index contributed by atoms with van der Waals surface area (Å²) in [5, 5.41) is 5.22. The summed E-state index contributed by atoms with van der Waals surface area (Å²) in [5.74, 6) is -1.27. The molecule has 1 aliphatic rings. The highest BCUT2D eigenvalue weighted by molar-refractivity contribution is 6.68. The number of carbonyl (C=O) groups excluding carboxylic acids is 4. The van der Waals surface area contributed by atoms with E-state index in [0.717, 1.165) is 0 Å². The third-order valence-electron chi connectivity index (χ3n) is 5.86. The zero-order valence-electron chi connectivity index (χ0n) is 20.3. The van der Waals surface area contributed by atoms with Crippen molar-refractivity contribution in [1.29, 1.82) is 0 Å². The van der Waals surface area contributed by atoms with Gasteiger partial charge in [0.2, 0.25) is 11.8 Å². The van der Waals surface area contributed by atoms with E-state index < -0.39 is 35.4 Å². The molecule has 14 radical (unpaired) electrons. The Kier molecular flexibility index (Phi) is 10.1. The van der Waals surface area contributed by atoms with E-state index in [2.05, 4.69) is 16.0 Å². The van der Waals surface area contributed by atoms with Gasteiger partial charge in [-0.15, -0.1) is 16.4 Å². The molecule has 36 heavy (non-hydrogen) atoms. The molecule has 3 amide bonds. The van der Waals surface area contributed by atoms with Gasteiger partial charge in [-0.25, -0.2) is 4.79 Å². The van der Waals surface area contributed by atoms with E-state index in [1.807, 2.05) is 13.8 Å². The smallest absolute Gasteiger partial charge is 0.407 e. The second kappa shape index (κ2) is 12.2. The predicted octanol–water partition coefficient (Wildman–Crippen LogP) is -5.55. The largest absolute Gasteiger partial charge is 0.459 e. The van der Waals surface area contributed by atoms with Crippen LogP contribution >= 0.6 is 0 Å². The lowest BCUT2D eigenvalue weighted by Crippen LogP contribution is -2.60. The maximum absolute atomic E-state index is 12.9. The molecule has 1 aromatic carbocycles. The first-order chi connectivity index (χ1) is 16.7. The summed E-state index contributed by atoms with van der Waals surface area (Å²) in [4.78, 5) is 49.0. The summed E-state index contributed by atoms with van der Waals surface area (Å²) in [6.45, 7) is 4.16. The maximum atomic E-state index is 12.9. The molecule has 1 fully saturated rings. The molecule has 172 valence electrons. The first-order valence-corrected chi connectivity index (χ1v) is 11.3. The minimum atomic E-state index is -2.39. The number of nitrogens with one attached hydrogen (secondary N) is 3. The second-order valence-electron chi connectivity index (χ2n) is 9.22. The summed E-state index contributed by atoms with van der Waals surface area (Å²) in [7, 11) is 41.2. The number of ether oxygens (including phenoxy) is 1. The molecule has 0 aliphatic carbocycles. The number of hydrogen-bond acceptors (Lipinski definition) is 5. The Labute approximate surface area is 220 Å². The lowest BCUT2D eigenvalue weighted by atomic mass is 9.51. The van der Waals surface area contributed by atoms with E-state index in [1.54, 1.807) is 0 Å². The molecule has 1 saturated heterocycles. The molecule has 3 N–H and O–H groups in total. The van der Waals surface area contributed by atoms with Crippen molar-refractivity contribution in [3.8, 4) is 0 Å². The zero-order valence-corrected chi connectivity index (χ0v) is 20.3. The molecule has 1 aliphatic heterocycles. The summed E-state index contributed by atoms with van der Waals surface area (Å²) in [6, 6.07) is -2.05. The van der Waals surface area contributed by atoms with E-state index in [1.165, 1.54) is 0 Å². The van der Waals surface area contributed by atoms with E-state index in [0.29, 0.717) is 19.3 Å². The fraction of sp³-hybridized carbons (Fsp3) is 0.524. The summed E-state index contributed by atoms with van der Waals surface area (Å²) in [6.07, 6.45) is 0.241. The number of alkyl carbamates (subject to hydrolysis) is 1. The van der Waals surface area contributed by atoms with Crippen molar-refractivity contribution in [2.45, 2.75) is 50.6 Å². The highest BCUT2D eigenvalue weighted by Crippen LogP contribution is 2.17. The van der Waals surface area contributed by atoms with Gasteiger partial charge >= 0.3 is 6.09 Å². The average Bonchev–Trinajstić information content (AvgIpc) is 3.18. The van der Waals surface area contributed by atoms with Gasteiger partial charge in [-0.2, -0.15) is 0 Å². The quantitative estimate of drug-likeness (QED) is 0.233. The lowest BCUT2D eigenvalue weighted by molar-refractivity contribution is -0.127. The predicted molar refractivity (Wildman–Crippen MR) is 143 cm³/mol. The first kappa shape index (κ1) is 29.8. The number of aldehydes is 1.